The molecule has 2 heterocycles. The number of nitrogens with one attached hydrogen (secondary N) is 1. The number of carbonyl (C=O) groups excluding carboxylic acids is 2. The topological polar surface area (TPSA) is 138 Å². The van der Waals surface area contributed by atoms with Crippen LogP contribution >= 0.6 is 11.3 Å². The number of hydrogen-bond donors (Lipinski definition) is 2. The normalized spacial score (nSPS) is 14.4. The van der Waals surface area contributed by atoms with Gasteiger partial charge in [0.05, 0.1) is 41.9 Å². The predicted octanol–water partition coefficient (Wildman–Crippen LogP) is 3.71. The average Bonchev–Trinajstić information content (AvgIpc) is 3.37. The molecule has 3 aromatic rings. The summed E-state index contributed by atoms with van der Waals surface area (Å²) in [5.41, 5.74) is 4.72. The molecule has 0 fully saturated rings. The summed E-state index contributed by atoms with van der Waals surface area (Å²) in [4.78, 5) is 30.3. The number of aromatic nitrogens is 1. The third-order valence-electron chi connectivity index (χ3n) is 6.02. The zero-order valence-electron chi connectivity index (χ0n) is 20.6. The molecular formula is C26H25N3O6S2. The van der Waals surface area contributed by atoms with Crippen molar-refractivity contribution in [2.45, 2.75) is 24.7 Å². The van der Waals surface area contributed by atoms with Crippen molar-refractivity contribution < 1.29 is 27.5 Å². The highest BCUT2D eigenvalue weighted by Crippen LogP contribution is 2.40. The van der Waals surface area contributed by atoms with Gasteiger partial charge in [0.1, 0.15) is 5.01 Å². The molecule has 2 aromatic carbocycles. The fourth-order valence-corrected chi connectivity index (χ4v) is 5.64. The Labute approximate surface area is 218 Å². The molecule has 0 saturated heterocycles. The first kappa shape index (κ1) is 26.3. The molecule has 0 saturated carbocycles. The zero-order valence-corrected chi connectivity index (χ0v) is 22.2. The minimum absolute atomic E-state index is 0.0240. The van der Waals surface area contributed by atoms with Crippen LogP contribution in [0, 0.1) is 0 Å². The standard InChI is InChI=1S/C26H25N3O6S2/c1-14-21(25(30)34-3)23(22(15(2)28-14)26(31)35-4)17-6-5-7-18(12-17)24-29-20(13-36-24)16-8-10-19(11-9-16)37(27,32)33/h5-13,23,28H,1-4H3,(H2,27,32,33). The summed E-state index contributed by atoms with van der Waals surface area (Å²) in [6.07, 6.45) is 0. The van der Waals surface area contributed by atoms with Gasteiger partial charge in [-0.15, -0.1) is 11.3 Å². The molecule has 0 radical (unpaired) electrons. The SMILES string of the molecule is COC(=O)C1=C(C)NC(C)=C(C(=O)OC)C1c1cccc(-c2nc(-c3ccc(S(N)(=O)=O)cc3)cs2)c1. The van der Waals surface area contributed by atoms with Crippen LogP contribution in [0.5, 0.6) is 0 Å². The molecule has 1 aromatic heterocycles. The number of thiazole rings is 1. The number of allylic oxidation sites excluding steroid dienone is 2. The lowest BCUT2D eigenvalue weighted by Crippen LogP contribution is -2.32. The molecule has 0 unspecified atom stereocenters. The number of sulfonamides is 1. The van der Waals surface area contributed by atoms with Crippen LogP contribution in [0.15, 0.2) is 81.3 Å². The molecule has 0 bridgehead atoms. The monoisotopic (exact) mass is 539 g/mol. The van der Waals surface area contributed by atoms with Gasteiger partial charge in [-0.2, -0.15) is 0 Å². The van der Waals surface area contributed by atoms with Gasteiger partial charge in [-0.05, 0) is 37.6 Å². The van der Waals surface area contributed by atoms with E-state index in [-0.39, 0.29) is 4.90 Å². The number of benzene rings is 2. The van der Waals surface area contributed by atoms with Crippen LogP contribution in [0.3, 0.4) is 0 Å². The largest absolute Gasteiger partial charge is 0.466 e. The Morgan fingerprint density at radius 3 is 2.08 bits per heavy atom. The van der Waals surface area contributed by atoms with Crippen LogP contribution < -0.4 is 10.5 Å². The van der Waals surface area contributed by atoms with Crippen LogP contribution in [-0.4, -0.2) is 39.6 Å². The van der Waals surface area contributed by atoms with Gasteiger partial charge in [-0.25, -0.2) is 28.1 Å². The third kappa shape index (κ3) is 5.19. The number of ether oxygens (including phenoxy) is 2. The summed E-state index contributed by atoms with van der Waals surface area (Å²) < 4.78 is 33.2. The minimum atomic E-state index is -3.78. The van der Waals surface area contributed by atoms with Gasteiger partial charge in [0, 0.05) is 27.9 Å². The fourth-order valence-electron chi connectivity index (χ4n) is 4.29. The number of nitrogens with two attached hydrogens (primary N) is 1. The lowest BCUT2D eigenvalue weighted by molar-refractivity contribution is -0.137. The molecule has 0 aliphatic carbocycles. The Balaban J connectivity index is 1.76. The fraction of sp³-hybridized carbons (Fsp3) is 0.192. The van der Waals surface area contributed by atoms with Crippen molar-refractivity contribution in [3.63, 3.8) is 0 Å². The van der Waals surface area contributed by atoms with Crippen LogP contribution in [0.1, 0.15) is 25.3 Å². The summed E-state index contributed by atoms with van der Waals surface area (Å²) in [6, 6.07) is 13.6. The smallest absolute Gasteiger partial charge is 0.336 e. The molecule has 9 nitrogen and oxygen atoms in total. The van der Waals surface area contributed by atoms with Crippen molar-refractivity contribution in [3.8, 4) is 21.8 Å². The highest BCUT2D eigenvalue weighted by molar-refractivity contribution is 7.89. The van der Waals surface area contributed by atoms with Gasteiger partial charge in [-0.1, -0.05) is 30.3 Å². The molecular weight excluding hydrogens is 514 g/mol. The third-order valence-corrected chi connectivity index (χ3v) is 7.84. The average molecular weight is 540 g/mol. The number of carbonyl (C=O) groups is 2. The molecule has 1 aliphatic rings. The number of primary sulfonamides is 1. The number of esters is 2. The second-order valence-electron chi connectivity index (χ2n) is 8.35. The first-order valence-corrected chi connectivity index (χ1v) is 13.5. The second kappa shape index (κ2) is 10.3. The van der Waals surface area contributed by atoms with Crippen LogP contribution in [-0.2, 0) is 29.1 Å². The molecule has 0 spiro atoms. The van der Waals surface area contributed by atoms with Crippen molar-refractivity contribution in [1.82, 2.24) is 10.3 Å². The van der Waals surface area contributed by atoms with E-state index in [2.05, 4.69) is 5.32 Å². The first-order valence-electron chi connectivity index (χ1n) is 11.1. The van der Waals surface area contributed by atoms with Gasteiger partial charge in [0.15, 0.2) is 0 Å². The predicted molar refractivity (Wildman–Crippen MR) is 140 cm³/mol. The number of dihydropyridines is 1. The summed E-state index contributed by atoms with van der Waals surface area (Å²) in [5, 5.41) is 10.9. The summed E-state index contributed by atoms with van der Waals surface area (Å²) in [6.45, 7) is 3.52. The van der Waals surface area contributed by atoms with E-state index in [0.717, 1.165) is 11.1 Å². The first-order chi connectivity index (χ1) is 17.5. The molecule has 0 amide bonds. The van der Waals surface area contributed by atoms with Crippen molar-refractivity contribution in [2.75, 3.05) is 14.2 Å². The molecule has 37 heavy (non-hydrogen) atoms. The molecule has 192 valence electrons. The Hall–Kier alpha value is -3.80. The van der Waals surface area contributed by atoms with E-state index in [0.29, 0.717) is 38.8 Å². The maximum absolute atomic E-state index is 12.8. The van der Waals surface area contributed by atoms with Gasteiger partial charge >= 0.3 is 11.9 Å². The molecule has 4 rings (SSSR count). The summed E-state index contributed by atoms with van der Waals surface area (Å²) >= 11 is 1.41. The van der Waals surface area contributed by atoms with Crippen LogP contribution in [0.4, 0.5) is 0 Å². The lowest BCUT2D eigenvalue weighted by atomic mass is 9.80. The minimum Gasteiger partial charge on any atom is -0.466 e. The van der Waals surface area contributed by atoms with E-state index in [9.17, 15) is 18.0 Å². The number of methoxy groups -OCH3 is 2. The number of nitrogens with zero attached hydrogens (tertiary/aromatic N) is 1. The number of rotatable bonds is 6. The summed E-state index contributed by atoms with van der Waals surface area (Å²) in [5.74, 6) is -1.80. The zero-order chi connectivity index (χ0) is 26.9. The Morgan fingerprint density at radius 1 is 0.946 bits per heavy atom. The molecule has 1 aliphatic heterocycles. The molecule has 3 N–H and O–H groups in total. The van der Waals surface area contributed by atoms with E-state index < -0.39 is 27.9 Å². The van der Waals surface area contributed by atoms with Crippen molar-refractivity contribution >= 4 is 33.3 Å². The van der Waals surface area contributed by atoms with Crippen LogP contribution in [0.25, 0.3) is 21.8 Å². The molecule has 0 atom stereocenters. The quantitative estimate of drug-likeness (QED) is 0.452. The van der Waals surface area contributed by atoms with Crippen molar-refractivity contribution in [3.05, 3.63) is 82.0 Å². The van der Waals surface area contributed by atoms with Crippen molar-refractivity contribution in [1.29, 1.82) is 0 Å². The second-order valence-corrected chi connectivity index (χ2v) is 10.8. The Kier molecular flexibility index (Phi) is 7.30. The highest BCUT2D eigenvalue weighted by Gasteiger charge is 2.37. The Morgan fingerprint density at radius 2 is 1.54 bits per heavy atom. The summed E-state index contributed by atoms with van der Waals surface area (Å²) in [7, 11) is -1.19. The van der Waals surface area contributed by atoms with Crippen LogP contribution in [0.2, 0.25) is 0 Å². The highest BCUT2D eigenvalue weighted by atomic mass is 32.2. The van der Waals surface area contributed by atoms with Gasteiger partial charge < -0.3 is 14.8 Å². The van der Waals surface area contributed by atoms with E-state index in [1.54, 1.807) is 26.0 Å². The maximum atomic E-state index is 12.8. The van der Waals surface area contributed by atoms with Gasteiger partial charge in [-0.3, -0.25) is 0 Å². The van der Waals surface area contributed by atoms with Gasteiger partial charge in [0.2, 0.25) is 10.0 Å². The lowest BCUT2D eigenvalue weighted by Gasteiger charge is -2.30. The van der Waals surface area contributed by atoms with E-state index >= 15 is 0 Å². The number of hydrogen-bond acceptors (Lipinski definition) is 9. The Bertz CT molecular complexity index is 1510. The van der Waals surface area contributed by atoms with E-state index in [1.165, 1.54) is 37.7 Å². The van der Waals surface area contributed by atoms with Crippen molar-refractivity contribution in [2.24, 2.45) is 5.14 Å². The molecule has 11 heteroatoms. The maximum Gasteiger partial charge on any atom is 0.336 e. The van der Waals surface area contributed by atoms with E-state index in [1.807, 2.05) is 29.6 Å². The van der Waals surface area contributed by atoms with Gasteiger partial charge in [0.25, 0.3) is 0 Å². The van der Waals surface area contributed by atoms with E-state index in [4.69, 9.17) is 19.6 Å².